The standard InChI is InChI=1S/C29H28Cl2N4O6S/c1-4-16(2)27(29(33)38)35-42(39,40)22-6-7-24(17(3)9-22)34-26(36)15-41-25-8-5-20(30)13-23(25)28(37)19-10-18(14-32)11-21(31)12-19/h5-13,16,27,35H,4,15H2,1-3H3,(H2,33,38)(H,34,36)/t16?,27-/m0/s1. The number of sulfonamides is 1. The van der Waals surface area contributed by atoms with Crippen LogP contribution in [0, 0.1) is 24.2 Å². The molecule has 13 heteroatoms. The molecule has 0 radical (unpaired) electrons. The van der Waals surface area contributed by atoms with Crippen LogP contribution in [0.1, 0.15) is 47.3 Å². The Kier molecular flexibility index (Phi) is 10.7. The summed E-state index contributed by atoms with van der Waals surface area (Å²) in [6, 6.07) is 13.4. The first kappa shape index (κ1) is 32.6. The first-order chi connectivity index (χ1) is 19.7. The minimum atomic E-state index is -4.08. The molecule has 0 saturated carbocycles. The van der Waals surface area contributed by atoms with E-state index >= 15 is 0 Å². The number of nitriles is 1. The smallest absolute Gasteiger partial charge is 0.262 e. The van der Waals surface area contributed by atoms with Crippen molar-refractivity contribution in [2.75, 3.05) is 11.9 Å². The molecule has 0 saturated heterocycles. The Morgan fingerprint density at radius 1 is 1.05 bits per heavy atom. The minimum Gasteiger partial charge on any atom is -0.483 e. The van der Waals surface area contributed by atoms with Gasteiger partial charge in [-0.3, -0.25) is 14.4 Å². The van der Waals surface area contributed by atoms with Gasteiger partial charge in [0.1, 0.15) is 11.8 Å². The molecule has 0 fully saturated rings. The molecular weight excluding hydrogens is 603 g/mol. The fourth-order valence-electron chi connectivity index (χ4n) is 3.94. The number of nitrogens with one attached hydrogen (secondary N) is 2. The predicted molar refractivity (Wildman–Crippen MR) is 159 cm³/mol. The second-order valence-electron chi connectivity index (χ2n) is 9.51. The molecule has 10 nitrogen and oxygen atoms in total. The van der Waals surface area contributed by atoms with E-state index in [4.69, 9.17) is 33.7 Å². The summed E-state index contributed by atoms with van der Waals surface area (Å²) in [6.07, 6.45) is 0.538. The zero-order valence-corrected chi connectivity index (χ0v) is 25.2. The van der Waals surface area contributed by atoms with Crippen molar-refractivity contribution in [1.29, 1.82) is 5.26 Å². The van der Waals surface area contributed by atoms with Crippen LogP contribution in [0.15, 0.2) is 59.5 Å². The Hall–Kier alpha value is -3.95. The second kappa shape index (κ2) is 13.8. The van der Waals surface area contributed by atoms with Crippen molar-refractivity contribution in [2.24, 2.45) is 11.7 Å². The summed E-state index contributed by atoms with van der Waals surface area (Å²) >= 11 is 12.1. The van der Waals surface area contributed by atoms with E-state index in [1.54, 1.807) is 13.8 Å². The fourth-order valence-corrected chi connectivity index (χ4v) is 5.75. The molecule has 3 aromatic carbocycles. The molecule has 0 heterocycles. The molecule has 1 unspecified atom stereocenters. The molecule has 0 spiro atoms. The highest BCUT2D eigenvalue weighted by Crippen LogP contribution is 2.27. The van der Waals surface area contributed by atoms with Gasteiger partial charge in [0.15, 0.2) is 12.4 Å². The molecule has 0 bridgehead atoms. The number of ether oxygens (including phenoxy) is 1. The van der Waals surface area contributed by atoms with Crippen LogP contribution < -0.4 is 20.5 Å². The number of carbonyl (C=O) groups is 3. The first-order valence-corrected chi connectivity index (χ1v) is 14.9. The number of benzene rings is 3. The third kappa shape index (κ3) is 8.08. The summed E-state index contributed by atoms with van der Waals surface area (Å²) in [6.45, 7) is 4.65. The number of amides is 2. The molecule has 0 aliphatic rings. The van der Waals surface area contributed by atoms with E-state index in [-0.39, 0.29) is 43.3 Å². The third-order valence-corrected chi connectivity index (χ3v) is 8.31. The Bertz CT molecular complexity index is 1690. The highest BCUT2D eigenvalue weighted by atomic mass is 35.5. The van der Waals surface area contributed by atoms with E-state index in [0.29, 0.717) is 17.7 Å². The number of hydrogen-bond donors (Lipinski definition) is 3. The van der Waals surface area contributed by atoms with Crippen molar-refractivity contribution in [3.63, 3.8) is 0 Å². The summed E-state index contributed by atoms with van der Waals surface area (Å²) in [5.74, 6) is -2.11. The number of ketones is 1. The molecule has 220 valence electrons. The summed E-state index contributed by atoms with van der Waals surface area (Å²) < 4.78 is 33.8. The number of nitrogens with two attached hydrogens (primary N) is 1. The first-order valence-electron chi connectivity index (χ1n) is 12.7. The molecular formula is C29H28Cl2N4O6S. The van der Waals surface area contributed by atoms with Gasteiger partial charge < -0.3 is 15.8 Å². The number of aryl methyl sites for hydroxylation is 1. The topological polar surface area (TPSA) is 168 Å². The molecule has 4 N–H and O–H groups in total. The summed E-state index contributed by atoms with van der Waals surface area (Å²) in [5.41, 5.74) is 6.55. The van der Waals surface area contributed by atoms with Crippen LogP contribution in [0.25, 0.3) is 0 Å². The van der Waals surface area contributed by atoms with Gasteiger partial charge in [-0.25, -0.2) is 8.42 Å². The van der Waals surface area contributed by atoms with Crippen LogP contribution in [0.5, 0.6) is 5.75 Å². The Labute approximate surface area is 253 Å². The van der Waals surface area contributed by atoms with Gasteiger partial charge in [-0.15, -0.1) is 0 Å². The van der Waals surface area contributed by atoms with E-state index in [1.807, 2.05) is 13.0 Å². The van der Waals surface area contributed by atoms with Gasteiger partial charge in [-0.2, -0.15) is 9.98 Å². The Balaban J connectivity index is 1.74. The van der Waals surface area contributed by atoms with Crippen LogP contribution in [-0.4, -0.2) is 38.7 Å². The lowest BCUT2D eigenvalue weighted by atomic mass is 10.00. The maximum atomic E-state index is 13.2. The van der Waals surface area contributed by atoms with Crippen molar-refractivity contribution in [2.45, 2.75) is 38.1 Å². The van der Waals surface area contributed by atoms with Crippen LogP contribution in [0.3, 0.4) is 0 Å². The van der Waals surface area contributed by atoms with E-state index in [0.717, 1.165) is 0 Å². The lowest BCUT2D eigenvalue weighted by molar-refractivity contribution is -0.120. The largest absolute Gasteiger partial charge is 0.483 e. The van der Waals surface area contributed by atoms with Crippen molar-refractivity contribution >= 4 is 56.5 Å². The number of carbonyl (C=O) groups excluding carboxylic acids is 3. The van der Waals surface area contributed by atoms with Gasteiger partial charge >= 0.3 is 0 Å². The number of nitrogens with zero attached hydrogens (tertiary/aromatic N) is 1. The van der Waals surface area contributed by atoms with E-state index in [1.165, 1.54) is 54.6 Å². The summed E-state index contributed by atoms with van der Waals surface area (Å²) in [4.78, 5) is 37.6. The van der Waals surface area contributed by atoms with Crippen molar-refractivity contribution in [3.8, 4) is 11.8 Å². The van der Waals surface area contributed by atoms with Gasteiger partial charge in [-0.1, -0.05) is 43.5 Å². The van der Waals surface area contributed by atoms with Gasteiger partial charge in [0.25, 0.3) is 5.91 Å². The van der Waals surface area contributed by atoms with Gasteiger partial charge in [0.05, 0.1) is 22.1 Å². The average molecular weight is 632 g/mol. The molecule has 0 aliphatic heterocycles. The number of hydrogen-bond acceptors (Lipinski definition) is 7. The average Bonchev–Trinajstić information content (AvgIpc) is 2.94. The number of anilines is 1. The van der Waals surface area contributed by atoms with E-state index in [2.05, 4.69) is 10.0 Å². The van der Waals surface area contributed by atoms with Gasteiger partial charge in [0.2, 0.25) is 15.9 Å². The van der Waals surface area contributed by atoms with E-state index in [9.17, 15) is 28.1 Å². The Morgan fingerprint density at radius 3 is 2.38 bits per heavy atom. The Morgan fingerprint density at radius 2 is 1.76 bits per heavy atom. The van der Waals surface area contributed by atoms with Crippen LogP contribution in [0.4, 0.5) is 5.69 Å². The third-order valence-electron chi connectivity index (χ3n) is 6.42. The monoisotopic (exact) mass is 630 g/mol. The molecule has 3 rings (SSSR count). The summed E-state index contributed by atoms with van der Waals surface area (Å²) in [5, 5.41) is 12.3. The van der Waals surface area contributed by atoms with Gasteiger partial charge in [0, 0.05) is 21.3 Å². The highest BCUT2D eigenvalue weighted by Gasteiger charge is 2.28. The van der Waals surface area contributed by atoms with Crippen molar-refractivity contribution in [3.05, 3.63) is 86.9 Å². The maximum absolute atomic E-state index is 13.2. The highest BCUT2D eigenvalue weighted by molar-refractivity contribution is 7.89. The zero-order valence-electron chi connectivity index (χ0n) is 22.9. The van der Waals surface area contributed by atoms with Crippen LogP contribution >= 0.6 is 23.2 Å². The number of rotatable bonds is 12. The quantitative estimate of drug-likeness (QED) is 0.246. The number of primary amides is 1. The SMILES string of the molecule is CCC(C)[C@H](NS(=O)(=O)c1ccc(NC(=O)COc2ccc(Cl)cc2C(=O)c2cc(Cl)cc(C#N)c2)c(C)c1)C(N)=O. The molecule has 3 aromatic rings. The molecule has 2 atom stereocenters. The molecule has 42 heavy (non-hydrogen) atoms. The molecule has 0 aliphatic carbocycles. The molecule has 0 aromatic heterocycles. The fraction of sp³-hybridized carbons (Fsp3) is 0.241. The van der Waals surface area contributed by atoms with Crippen molar-refractivity contribution < 1.29 is 27.5 Å². The summed E-state index contributed by atoms with van der Waals surface area (Å²) in [7, 11) is -4.08. The van der Waals surface area contributed by atoms with E-state index < -0.39 is 40.3 Å². The predicted octanol–water partition coefficient (Wildman–Crippen LogP) is 4.60. The van der Waals surface area contributed by atoms with Crippen LogP contribution in [0.2, 0.25) is 10.0 Å². The number of halogens is 2. The maximum Gasteiger partial charge on any atom is 0.262 e. The lowest BCUT2D eigenvalue weighted by Gasteiger charge is -2.21. The minimum absolute atomic E-state index is 0.0614. The normalized spacial score (nSPS) is 12.6. The van der Waals surface area contributed by atoms with Crippen LogP contribution in [-0.2, 0) is 19.6 Å². The zero-order chi connectivity index (χ0) is 31.2. The van der Waals surface area contributed by atoms with Gasteiger partial charge in [-0.05, 0) is 73.0 Å². The molecule has 2 amide bonds. The second-order valence-corrected chi connectivity index (χ2v) is 12.1. The van der Waals surface area contributed by atoms with Crippen molar-refractivity contribution in [1.82, 2.24) is 4.72 Å². The lowest BCUT2D eigenvalue weighted by Crippen LogP contribution is -2.48.